The molecule has 0 bridgehead atoms. The third-order valence-corrected chi connectivity index (χ3v) is 7.07. The van der Waals surface area contributed by atoms with Crippen LogP contribution in [-0.2, 0) is 25.7 Å². The number of fused-ring (bicyclic) bond motifs is 2. The molecule has 0 saturated heterocycles. The highest BCUT2D eigenvalue weighted by atomic mass is 16.3. The van der Waals surface area contributed by atoms with Gasteiger partial charge in [-0.05, 0) is 85.8 Å². The lowest BCUT2D eigenvalue weighted by Gasteiger charge is -2.25. The van der Waals surface area contributed by atoms with Crippen molar-refractivity contribution in [2.45, 2.75) is 76.3 Å². The van der Waals surface area contributed by atoms with Gasteiger partial charge in [0.1, 0.15) is 11.5 Å². The highest BCUT2D eigenvalue weighted by Crippen LogP contribution is 2.34. The molecule has 2 atom stereocenters. The second-order valence-electron chi connectivity index (χ2n) is 8.96. The van der Waals surface area contributed by atoms with Crippen molar-refractivity contribution < 1.29 is 10.2 Å². The Morgan fingerprint density at radius 2 is 1.10 bits per heavy atom. The van der Waals surface area contributed by atoms with Gasteiger partial charge in [0.05, 0.1) is 12.1 Å². The van der Waals surface area contributed by atoms with Gasteiger partial charge in [0.15, 0.2) is 0 Å². The van der Waals surface area contributed by atoms with E-state index in [4.69, 9.17) is 9.98 Å². The van der Waals surface area contributed by atoms with E-state index >= 15 is 0 Å². The van der Waals surface area contributed by atoms with Gasteiger partial charge in [-0.2, -0.15) is 0 Å². The van der Waals surface area contributed by atoms with Gasteiger partial charge in [0.2, 0.25) is 0 Å². The summed E-state index contributed by atoms with van der Waals surface area (Å²) in [6, 6.07) is 8.50. The lowest BCUT2D eigenvalue weighted by Crippen LogP contribution is -2.27. The van der Waals surface area contributed by atoms with E-state index in [1.165, 1.54) is 11.1 Å². The number of phenols is 2. The number of benzene rings is 2. The molecule has 0 aromatic heterocycles. The Kier molecular flexibility index (Phi) is 5.32. The Morgan fingerprint density at radius 1 is 0.633 bits per heavy atom. The fourth-order valence-corrected chi connectivity index (χ4v) is 5.33. The van der Waals surface area contributed by atoms with Gasteiger partial charge < -0.3 is 10.2 Å². The van der Waals surface area contributed by atoms with Crippen LogP contribution in [-0.4, -0.2) is 34.7 Å². The van der Waals surface area contributed by atoms with Crippen molar-refractivity contribution in [3.63, 3.8) is 0 Å². The third-order valence-electron chi connectivity index (χ3n) is 7.07. The maximum Gasteiger partial charge on any atom is 0.127 e. The van der Waals surface area contributed by atoms with Crippen molar-refractivity contribution in [2.75, 3.05) is 0 Å². The average molecular weight is 403 g/mol. The van der Waals surface area contributed by atoms with Crippen LogP contribution in [0.5, 0.6) is 11.5 Å². The van der Waals surface area contributed by atoms with Crippen LogP contribution in [0.2, 0.25) is 0 Å². The number of nitrogens with zero attached hydrogens (tertiary/aromatic N) is 2. The molecule has 0 amide bonds. The molecule has 3 aliphatic carbocycles. The van der Waals surface area contributed by atoms with Crippen molar-refractivity contribution in [3.8, 4) is 11.5 Å². The molecule has 4 nitrogen and oxygen atoms in total. The Hall–Kier alpha value is -2.62. The third kappa shape index (κ3) is 3.64. The summed E-state index contributed by atoms with van der Waals surface area (Å²) in [7, 11) is 0. The van der Waals surface area contributed by atoms with E-state index in [1.807, 2.05) is 24.6 Å². The standard InChI is InChI=1S/C26H30N2O2/c29-25-19(13-11-17-5-3-7-21(17)25)15-27-23-9-1-2-10-24(23)28-16-20-14-12-18-6-4-8-22(18)26(20)30/h11-16,23-24,29-30H,1-10H2. The molecule has 0 heterocycles. The van der Waals surface area contributed by atoms with Crippen LogP contribution < -0.4 is 0 Å². The minimum atomic E-state index is 0.124. The monoisotopic (exact) mass is 402 g/mol. The predicted octanol–water partition coefficient (Wildman–Crippen LogP) is 4.92. The summed E-state index contributed by atoms with van der Waals surface area (Å²) in [6.07, 6.45) is 14.3. The first-order valence-electron chi connectivity index (χ1n) is 11.4. The number of phenolic OH excluding ortho intramolecular Hbond substituents is 2. The van der Waals surface area contributed by atoms with Gasteiger partial charge in [0, 0.05) is 23.6 Å². The normalized spacial score (nSPS) is 23.3. The minimum Gasteiger partial charge on any atom is -0.507 e. The van der Waals surface area contributed by atoms with Crippen LogP contribution in [0.1, 0.15) is 71.9 Å². The first kappa shape index (κ1) is 19.3. The van der Waals surface area contributed by atoms with Crippen LogP contribution in [0.15, 0.2) is 34.3 Å². The van der Waals surface area contributed by atoms with E-state index in [2.05, 4.69) is 12.1 Å². The van der Waals surface area contributed by atoms with E-state index in [1.54, 1.807) is 0 Å². The van der Waals surface area contributed by atoms with Crippen LogP contribution in [0.4, 0.5) is 0 Å². The first-order valence-corrected chi connectivity index (χ1v) is 11.4. The van der Waals surface area contributed by atoms with Crippen molar-refractivity contribution in [3.05, 3.63) is 57.6 Å². The van der Waals surface area contributed by atoms with Gasteiger partial charge in [-0.1, -0.05) is 25.0 Å². The van der Waals surface area contributed by atoms with E-state index in [9.17, 15) is 10.2 Å². The minimum absolute atomic E-state index is 0.124. The molecule has 4 heteroatoms. The van der Waals surface area contributed by atoms with Gasteiger partial charge in [0.25, 0.3) is 0 Å². The van der Waals surface area contributed by atoms with Crippen molar-refractivity contribution in [2.24, 2.45) is 9.98 Å². The summed E-state index contributed by atoms with van der Waals surface area (Å²) < 4.78 is 0. The Morgan fingerprint density at radius 3 is 1.57 bits per heavy atom. The molecular weight excluding hydrogens is 372 g/mol. The van der Waals surface area contributed by atoms with E-state index in [0.717, 1.165) is 86.5 Å². The topological polar surface area (TPSA) is 65.2 Å². The lowest BCUT2D eigenvalue weighted by molar-refractivity contribution is 0.390. The van der Waals surface area contributed by atoms with Crippen molar-refractivity contribution in [1.82, 2.24) is 0 Å². The molecule has 0 spiro atoms. The zero-order chi connectivity index (χ0) is 20.5. The Bertz CT molecular complexity index is 927. The van der Waals surface area contributed by atoms with Gasteiger partial charge in [-0.25, -0.2) is 0 Å². The molecule has 0 radical (unpaired) electrons. The van der Waals surface area contributed by atoms with Crippen molar-refractivity contribution >= 4 is 12.4 Å². The lowest BCUT2D eigenvalue weighted by atomic mass is 9.91. The van der Waals surface area contributed by atoms with Gasteiger partial charge in [-0.15, -0.1) is 0 Å². The number of aromatic hydroxyl groups is 2. The summed E-state index contributed by atoms with van der Waals surface area (Å²) in [4.78, 5) is 9.70. The van der Waals surface area contributed by atoms with Gasteiger partial charge in [-0.3, -0.25) is 9.98 Å². The molecule has 2 aromatic rings. The first-order chi connectivity index (χ1) is 14.7. The molecule has 1 fully saturated rings. The molecule has 2 aromatic carbocycles. The zero-order valence-corrected chi connectivity index (χ0v) is 17.5. The number of rotatable bonds is 4. The maximum absolute atomic E-state index is 10.6. The molecule has 2 N–H and O–H groups in total. The average Bonchev–Trinajstić information content (AvgIpc) is 3.44. The Labute approximate surface area is 178 Å². The predicted molar refractivity (Wildman–Crippen MR) is 121 cm³/mol. The highest BCUT2D eigenvalue weighted by molar-refractivity contribution is 5.86. The van der Waals surface area contributed by atoms with E-state index in [0.29, 0.717) is 11.5 Å². The second kappa shape index (κ2) is 8.25. The Balaban J connectivity index is 1.34. The van der Waals surface area contributed by atoms with Crippen molar-refractivity contribution in [1.29, 1.82) is 0 Å². The molecule has 3 aliphatic rings. The summed E-state index contributed by atoms with van der Waals surface area (Å²) in [6.45, 7) is 0. The summed E-state index contributed by atoms with van der Waals surface area (Å²) >= 11 is 0. The van der Waals surface area contributed by atoms with Crippen LogP contribution in [0, 0.1) is 0 Å². The quantitative estimate of drug-likeness (QED) is 0.713. The molecule has 5 rings (SSSR count). The van der Waals surface area contributed by atoms with E-state index in [-0.39, 0.29) is 12.1 Å². The van der Waals surface area contributed by atoms with Crippen LogP contribution >= 0.6 is 0 Å². The number of aryl methyl sites for hydroxylation is 2. The molecular formula is C26H30N2O2. The summed E-state index contributed by atoms with van der Waals surface area (Å²) in [5, 5.41) is 21.2. The van der Waals surface area contributed by atoms with Crippen LogP contribution in [0.25, 0.3) is 0 Å². The number of aliphatic imine (C=N–C) groups is 2. The fraction of sp³-hybridized carbons (Fsp3) is 0.462. The fourth-order valence-electron chi connectivity index (χ4n) is 5.33. The second-order valence-corrected chi connectivity index (χ2v) is 8.96. The van der Waals surface area contributed by atoms with Gasteiger partial charge >= 0.3 is 0 Å². The van der Waals surface area contributed by atoms with E-state index < -0.39 is 0 Å². The summed E-state index contributed by atoms with van der Waals surface area (Å²) in [5.74, 6) is 0.820. The number of hydrogen-bond acceptors (Lipinski definition) is 4. The largest absolute Gasteiger partial charge is 0.507 e. The SMILES string of the molecule is Oc1c(C=NC2CCCCC2N=Cc2ccc3c(c2O)CCC3)ccc2c1CCC2. The van der Waals surface area contributed by atoms with Crippen LogP contribution in [0.3, 0.4) is 0 Å². The molecule has 156 valence electrons. The maximum atomic E-state index is 10.6. The molecule has 1 saturated carbocycles. The number of hydrogen-bond donors (Lipinski definition) is 2. The molecule has 0 aliphatic heterocycles. The zero-order valence-electron chi connectivity index (χ0n) is 17.5. The summed E-state index contributed by atoms with van der Waals surface area (Å²) in [5.41, 5.74) is 6.40. The highest BCUT2D eigenvalue weighted by Gasteiger charge is 2.24. The molecule has 30 heavy (non-hydrogen) atoms. The smallest absolute Gasteiger partial charge is 0.127 e. The molecule has 2 unspecified atom stereocenters.